The van der Waals surface area contributed by atoms with Gasteiger partial charge in [-0.1, -0.05) is 0 Å². The molecule has 0 saturated carbocycles. The molecule has 2 nitrogen and oxygen atoms in total. The molecule has 0 aromatic heterocycles. The van der Waals surface area contributed by atoms with Crippen molar-refractivity contribution in [3.05, 3.63) is 11.3 Å². The lowest BCUT2D eigenvalue weighted by Crippen LogP contribution is -2.17. The molecule has 0 amide bonds. The van der Waals surface area contributed by atoms with Crippen molar-refractivity contribution in [3.8, 4) is 0 Å². The van der Waals surface area contributed by atoms with E-state index in [4.69, 9.17) is 5.41 Å². The van der Waals surface area contributed by atoms with Gasteiger partial charge in [-0.2, -0.15) is 0 Å². The summed E-state index contributed by atoms with van der Waals surface area (Å²) in [5, 5.41) is 7.50. The van der Waals surface area contributed by atoms with Crippen LogP contribution in [-0.4, -0.2) is 23.5 Å². The summed E-state index contributed by atoms with van der Waals surface area (Å²) in [4.78, 5) is 0. The molecule has 1 aliphatic rings. The molecule has 0 bridgehead atoms. The van der Waals surface area contributed by atoms with Crippen LogP contribution < -0.4 is 0 Å². The van der Waals surface area contributed by atoms with Crippen molar-refractivity contribution >= 4 is 11.9 Å². The molecule has 10 heavy (non-hydrogen) atoms. The normalized spacial score (nSPS) is 19.5. The van der Waals surface area contributed by atoms with Gasteiger partial charge in [0.15, 0.2) is 11.9 Å². The van der Waals surface area contributed by atoms with Gasteiger partial charge < -0.3 is 5.41 Å². The standard InChI is InChI=1S/C8H13N2/c1-6-7(2)10(3)5-4-8(6)9/h5,9H,4H2,1-3H3/q+1. The maximum absolute atomic E-state index is 7.50. The average molecular weight is 137 g/mol. The van der Waals surface area contributed by atoms with Crippen LogP contribution in [0, 0.1) is 5.41 Å². The van der Waals surface area contributed by atoms with E-state index in [-0.39, 0.29) is 0 Å². The van der Waals surface area contributed by atoms with Gasteiger partial charge in [-0.05, 0) is 6.92 Å². The monoisotopic (exact) mass is 137 g/mol. The van der Waals surface area contributed by atoms with Crippen molar-refractivity contribution in [1.29, 1.82) is 5.41 Å². The van der Waals surface area contributed by atoms with Gasteiger partial charge in [-0.25, -0.2) is 4.58 Å². The first-order valence-corrected chi connectivity index (χ1v) is 3.44. The zero-order valence-corrected chi connectivity index (χ0v) is 6.73. The lowest BCUT2D eigenvalue weighted by molar-refractivity contribution is -0.440. The van der Waals surface area contributed by atoms with Gasteiger partial charge in [0.05, 0.1) is 12.1 Å². The van der Waals surface area contributed by atoms with E-state index >= 15 is 0 Å². The molecule has 54 valence electrons. The highest BCUT2D eigenvalue weighted by molar-refractivity contribution is 6.05. The second-order valence-electron chi connectivity index (χ2n) is 2.69. The SMILES string of the molecule is CC1=C(C)[N+](C)=CCC1=N. The van der Waals surface area contributed by atoms with Crippen LogP contribution >= 0.6 is 0 Å². The Hall–Kier alpha value is -0.920. The number of hydrogen-bond donors (Lipinski definition) is 1. The average Bonchev–Trinajstić information content (AvgIpc) is 1.93. The van der Waals surface area contributed by atoms with Crippen molar-refractivity contribution in [2.45, 2.75) is 20.3 Å². The van der Waals surface area contributed by atoms with Crippen LogP contribution in [-0.2, 0) is 0 Å². The van der Waals surface area contributed by atoms with Gasteiger partial charge in [-0.3, -0.25) is 0 Å². The third-order valence-electron chi connectivity index (χ3n) is 2.09. The summed E-state index contributed by atoms with van der Waals surface area (Å²) < 4.78 is 2.08. The molecule has 1 aliphatic heterocycles. The first-order valence-electron chi connectivity index (χ1n) is 3.44. The topological polar surface area (TPSA) is 26.9 Å². The van der Waals surface area contributed by atoms with E-state index in [1.54, 1.807) is 0 Å². The molecule has 0 fully saturated rings. The van der Waals surface area contributed by atoms with Gasteiger partial charge in [0.25, 0.3) is 0 Å². The molecule has 1 heterocycles. The Morgan fingerprint density at radius 1 is 1.50 bits per heavy atom. The molecule has 0 saturated heterocycles. The van der Waals surface area contributed by atoms with Crippen LogP contribution in [0.15, 0.2) is 11.3 Å². The molecule has 0 spiro atoms. The van der Waals surface area contributed by atoms with E-state index in [1.165, 1.54) is 5.70 Å². The van der Waals surface area contributed by atoms with Crippen LogP contribution in [0.3, 0.4) is 0 Å². The Morgan fingerprint density at radius 3 is 2.60 bits per heavy atom. The van der Waals surface area contributed by atoms with Crippen LogP contribution in [0.25, 0.3) is 0 Å². The van der Waals surface area contributed by atoms with Gasteiger partial charge in [-0.15, -0.1) is 0 Å². The Morgan fingerprint density at radius 2 is 2.10 bits per heavy atom. The third kappa shape index (κ3) is 1.01. The Balaban J connectivity index is 3.06. The maximum Gasteiger partial charge on any atom is 0.182 e. The van der Waals surface area contributed by atoms with Gasteiger partial charge in [0, 0.05) is 12.5 Å². The Bertz CT molecular complexity index is 230. The molecular formula is C8H13N2+. The summed E-state index contributed by atoms with van der Waals surface area (Å²) in [6, 6.07) is 0. The summed E-state index contributed by atoms with van der Waals surface area (Å²) in [5.74, 6) is 0. The van der Waals surface area contributed by atoms with Crippen molar-refractivity contribution in [1.82, 2.24) is 0 Å². The molecule has 2 heteroatoms. The summed E-state index contributed by atoms with van der Waals surface area (Å²) in [7, 11) is 2.02. The quantitative estimate of drug-likeness (QED) is 0.489. The first-order chi connectivity index (χ1) is 4.63. The second-order valence-corrected chi connectivity index (χ2v) is 2.69. The minimum Gasteiger partial charge on any atom is -0.304 e. The van der Waals surface area contributed by atoms with E-state index in [0.29, 0.717) is 0 Å². The molecule has 0 unspecified atom stereocenters. The number of nitrogens with zero attached hydrogens (tertiary/aromatic N) is 1. The molecule has 1 N–H and O–H groups in total. The van der Waals surface area contributed by atoms with Crippen molar-refractivity contribution in [3.63, 3.8) is 0 Å². The molecule has 0 aromatic rings. The van der Waals surface area contributed by atoms with E-state index in [1.807, 2.05) is 27.1 Å². The lowest BCUT2D eigenvalue weighted by Gasteiger charge is -2.08. The number of allylic oxidation sites excluding steroid dienone is 2. The predicted octanol–water partition coefficient (Wildman–Crippen LogP) is 1.42. The van der Waals surface area contributed by atoms with Crippen molar-refractivity contribution < 1.29 is 4.58 Å². The van der Waals surface area contributed by atoms with E-state index in [2.05, 4.69) is 4.58 Å². The summed E-state index contributed by atoms with van der Waals surface area (Å²) in [5.41, 5.74) is 3.05. The van der Waals surface area contributed by atoms with Gasteiger partial charge >= 0.3 is 0 Å². The molecule has 0 radical (unpaired) electrons. The van der Waals surface area contributed by atoms with Crippen molar-refractivity contribution in [2.24, 2.45) is 0 Å². The highest BCUT2D eigenvalue weighted by Crippen LogP contribution is 2.10. The molecule has 0 atom stereocenters. The fourth-order valence-electron chi connectivity index (χ4n) is 1.00. The molecule has 1 rings (SSSR count). The summed E-state index contributed by atoms with van der Waals surface area (Å²) in [6.45, 7) is 4.04. The Kier molecular flexibility index (Phi) is 1.70. The zero-order valence-electron chi connectivity index (χ0n) is 6.73. The van der Waals surface area contributed by atoms with Gasteiger partial charge in [0.1, 0.15) is 7.05 Å². The lowest BCUT2D eigenvalue weighted by atomic mass is 10.1. The van der Waals surface area contributed by atoms with E-state index < -0.39 is 0 Å². The maximum atomic E-state index is 7.50. The Labute approximate surface area is 61.4 Å². The van der Waals surface area contributed by atoms with Crippen LogP contribution in [0.4, 0.5) is 0 Å². The summed E-state index contributed by atoms with van der Waals surface area (Å²) >= 11 is 0. The molecule has 0 aliphatic carbocycles. The minimum absolute atomic E-state index is 0.746. The molecular weight excluding hydrogens is 124 g/mol. The van der Waals surface area contributed by atoms with Gasteiger partial charge in [0.2, 0.25) is 0 Å². The minimum atomic E-state index is 0.746. The highest BCUT2D eigenvalue weighted by atomic mass is 15.0. The third-order valence-corrected chi connectivity index (χ3v) is 2.09. The van der Waals surface area contributed by atoms with Crippen LogP contribution in [0.2, 0.25) is 0 Å². The van der Waals surface area contributed by atoms with E-state index in [0.717, 1.165) is 17.7 Å². The van der Waals surface area contributed by atoms with Crippen LogP contribution in [0.1, 0.15) is 20.3 Å². The fourth-order valence-corrected chi connectivity index (χ4v) is 1.00. The second kappa shape index (κ2) is 2.37. The summed E-state index contributed by atoms with van der Waals surface area (Å²) in [6.07, 6.45) is 2.81. The predicted molar refractivity (Wildman–Crippen MR) is 43.0 cm³/mol. The fraction of sp³-hybridized carbons (Fsp3) is 0.500. The number of rotatable bonds is 0. The molecule has 0 aromatic carbocycles. The number of hydrogen-bond acceptors (Lipinski definition) is 1. The number of nitrogens with one attached hydrogen (secondary N) is 1. The first kappa shape index (κ1) is 7.19. The highest BCUT2D eigenvalue weighted by Gasteiger charge is 2.15. The van der Waals surface area contributed by atoms with E-state index in [9.17, 15) is 0 Å². The zero-order chi connectivity index (χ0) is 7.72. The van der Waals surface area contributed by atoms with Crippen molar-refractivity contribution in [2.75, 3.05) is 7.05 Å². The van der Waals surface area contributed by atoms with Crippen LogP contribution in [0.5, 0.6) is 0 Å². The largest absolute Gasteiger partial charge is 0.304 e. The smallest absolute Gasteiger partial charge is 0.182 e.